The molecule has 0 unspecified atom stereocenters. The van der Waals surface area contributed by atoms with Crippen molar-refractivity contribution in [1.29, 1.82) is 0 Å². The Bertz CT molecular complexity index is 4960. The van der Waals surface area contributed by atoms with Crippen LogP contribution in [0.15, 0.2) is 304 Å². The highest BCUT2D eigenvalue weighted by Gasteiger charge is 2.17. The minimum atomic E-state index is -3.28. The minimum Gasteiger partial charge on any atom is -0.415 e. The smallest absolute Gasteiger partial charge is 0.415 e. The number of anilines is 3. The predicted molar refractivity (Wildman–Crippen MR) is 421 cm³/mol. The number of nitrogens with zero attached hydrogens (tertiary/aromatic N) is 2. The Morgan fingerprint density at radius 2 is 0.664 bits per heavy atom. The largest absolute Gasteiger partial charge is 0.417 e. The van der Waals surface area contributed by atoms with Crippen molar-refractivity contribution in [2.24, 2.45) is 5.73 Å². The van der Waals surface area contributed by atoms with Gasteiger partial charge in [0, 0.05) is 65.3 Å². The molecule has 3 amide bonds. The molecule has 0 saturated heterocycles. The van der Waals surface area contributed by atoms with E-state index in [1.807, 2.05) is 140 Å². The van der Waals surface area contributed by atoms with Gasteiger partial charge >= 0.3 is 17.6 Å². The lowest BCUT2D eigenvalue weighted by molar-refractivity contribution is 0.215. The van der Waals surface area contributed by atoms with Crippen molar-refractivity contribution in [3.8, 4) is 11.5 Å². The average Bonchev–Trinajstić information content (AvgIpc) is 1.59. The monoisotopic (exact) mass is 1540 g/mol. The van der Waals surface area contributed by atoms with Crippen LogP contribution < -0.4 is 36.9 Å². The number of nitrogens with one attached hydrogen (secondary N) is 5. The third-order valence-corrected chi connectivity index (χ3v) is 20.9. The van der Waals surface area contributed by atoms with Crippen LogP contribution in [0.3, 0.4) is 0 Å². The van der Waals surface area contributed by atoms with Gasteiger partial charge in [-0.15, -0.1) is 0 Å². The molecule has 0 bridgehead atoms. The number of carbonyl (C=O) groups is 3. The first-order valence-electron chi connectivity index (χ1n) is 33.0. The number of halogens is 1. The summed E-state index contributed by atoms with van der Waals surface area (Å²) in [6, 6.07) is 81.7. The zero-order valence-electron chi connectivity index (χ0n) is 58.3. The zero-order chi connectivity index (χ0) is 76.8. The summed E-state index contributed by atoms with van der Waals surface area (Å²) in [5.41, 5.74) is 20.9. The number of rotatable bonds is 23. The van der Waals surface area contributed by atoms with Crippen molar-refractivity contribution < 1.29 is 57.5 Å². The molecule has 556 valence electrons. The van der Waals surface area contributed by atoms with E-state index in [2.05, 4.69) is 41.1 Å². The molecule has 0 radical (unpaired) electrons. The van der Waals surface area contributed by atoms with Gasteiger partial charge in [0.1, 0.15) is 11.5 Å². The van der Waals surface area contributed by atoms with Gasteiger partial charge in [0.2, 0.25) is 0 Å². The first-order valence-corrected chi connectivity index (χ1v) is 40.7. The highest BCUT2D eigenvalue weighted by atomic mass is 35.5. The number of benzene rings is 10. The number of carbonyl (C=O) groups excluding carboxylic acids is 3. The summed E-state index contributed by atoms with van der Waals surface area (Å²) in [5.74, 6) is 1.11. The second-order valence-electron chi connectivity index (χ2n) is 23.9. The molecule has 10 aromatic carbocycles. The van der Waals surface area contributed by atoms with E-state index < -0.39 is 50.9 Å². The van der Waals surface area contributed by atoms with E-state index in [1.54, 1.807) is 170 Å². The predicted octanol–water partition coefficient (Wildman–Crippen LogP) is 15.0. The maximum absolute atomic E-state index is 12.3. The van der Waals surface area contributed by atoms with Crippen molar-refractivity contribution in [3.63, 3.8) is 0 Å². The number of aryl methyl sites for hydroxylation is 1. The average molecular weight is 1540 g/mol. The van der Waals surface area contributed by atoms with Crippen LogP contribution in [0.25, 0.3) is 0 Å². The van der Waals surface area contributed by atoms with Crippen molar-refractivity contribution in [2.45, 2.75) is 66.0 Å². The number of nitrogen functional groups attached to an aromatic ring is 1. The third kappa shape index (κ3) is 34.3. The number of para-hydroxylation sites is 2. The number of urea groups is 1. The molecule has 22 nitrogen and oxygen atoms in total. The summed E-state index contributed by atoms with van der Waals surface area (Å²) in [7, 11) is -12.8. The number of aromatic amines is 2. The lowest BCUT2D eigenvalue weighted by Gasteiger charge is -2.08. The highest BCUT2D eigenvalue weighted by molar-refractivity contribution is 7.90. The fourth-order valence-electron chi connectivity index (χ4n) is 9.64. The molecule has 9 N–H and O–H groups in total. The molecule has 0 saturated carbocycles. The Balaban J connectivity index is 0.000000187. The van der Waals surface area contributed by atoms with Crippen LogP contribution in [0, 0.1) is 6.92 Å². The molecule has 12 aromatic rings. The second-order valence-corrected chi connectivity index (χ2v) is 32.5. The maximum atomic E-state index is 12.3. The van der Waals surface area contributed by atoms with Gasteiger partial charge in [-0.25, -0.2) is 48.1 Å². The normalized spacial score (nSPS) is 10.8. The molecule has 107 heavy (non-hydrogen) atoms. The summed E-state index contributed by atoms with van der Waals surface area (Å²) in [4.78, 5) is 33.9. The quantitative estimate of drug-likeness (QED) is 0.0231. The first-order chi connectivity index (χ1) is 51.3. The van der Waals surface area contributed by atoms with Crippen molar-refractivity contribution in [1.82, 2.24) is 25.7 Å². The van der Waals surface area contributed by atoms with Gasteiger partial charge in [0.15, 0.2) is 39.3 Å². The fraction of sp³-hybridized carbons (Fsp3) is 0.138. The number of H-pyrrole nitrogens is 2. The van der Waals surface area contributed by atoms with E-state index in [-0.39, 0.29) is 52.1 Å². The molecule has 2 aromatic heterocycles. The van der Waals surface area contributed by atoms with Gasteiger partial charge in [-0.05, 0) is 112 Å². The van der Waals surface area contributed by atoms with Gasteiger partial charge in [-0.2, -0.15) is 10.2 Å². The second kappa shape index (κ2) is 43.1. The standard InChI is InChI=1S/C21H19NO4S.C19H20N4O3S.C15H16O2S.C14H15NO2S.C7H5ClO2.C4H7N3/c23-21(26-20-9-5-2-6-10-20)22-19-13-11-18(12-14-19)16-27(24,25)15-17-7-3-1-4-8-17;24-19(20-10-17-11-21-22-12-17)23-18-8-6-16(7-9-18)14-27(25,26)13-15-4-2-1-3-5-15;1-13-7-9-15(10-8-13)12-18(16,17)11-14-5-3-2-4-6-14;15-14-8-6-13(7-9-14)11-18(16,17)10-12-4-2-1-3-5-12;8-7(9)10-6-4-2-1-3-5-6;5-1-4-2-6-7-3-4/h1-14H,15-16H2,(H,22,23);1-9,11-12H,10,13-14H2,(H,21,22)(H2,20,23,24);2-10H,11-12H2,1H3;1-9H,10-11,15H2;1-5H;2-3H,1,5H2,(H,6,7). The van der Waals surface area contributed by atoms with Crippen LogP contribution in [-0.2, 0) is 98.5 Å². The number of sulfone groups is 4. The number of hydrogen-bond acceptors (Lipinski definition) is 17. The van der Waals surface area contributed by atoms with E-state index in [4.69, 9.17) is 27.8 Å². The first kappa shape index (κ1) is 82.8. The van der Waals surface area contributed by atoms with Crippen LogP contribution in [0.1, 0.15) is 61.2 Å². The molecule has 0 fully saturated rings. The number of nitrogens with two attached hydrogens (primary N) is 2. The number of hydrogen-bond donors (Lipinski definition) is 7. The third-order valence-electron chi connectivity index (χ3n) is 14.7. The van der Waals surface area contributed by atoms with E-state index >= 15 is 0 Å². The van der Waals surface area contributed by atoms with Crippen molar-refractivity contribution in [3.05, 3.63) is 365 Å². The van der Waals surface area contributed by atoms with E-state index in [0.29, 0.717) is 52.8 Å². The van der Waals surface area contributed by atoms with Crippen molar-refractivity contribution >= 4 is 85.6 Å². The lowest BCUT2D eigenvalue weighted by atomic mass is 10.2. The fourth-order valence-corrected chi connectivity index (χ4v) is 15.7. The molecule has 27 heteroatoms. The molecular formula is C80H82ClN9O13S4. The summed E-state index contributed by atoms with van der Waals surface area (Å²) in [6.45, 7) is 2.91. The molecule has 2 heterocycles. The zero-order valence-corrected chi connectivity index (χ0v) is 62.3. The highest BCUT2D eigenvalue weighted by Crippen LogP contribution is 2.21. The molecule has 0 aliphatic heterocycles. The Morgan fingerprint density at radius 1 is 0.374 bits per heavy atom. The van der Waals surface area contributed by atoms with E-state index in [9.17, 15) is 48.1 Å². The van der Waals surface area contributed by atoms with Crippen LogP contribution in [0.5, 0.6) is 11.5 Å². The Kier molecular flexibility index (Phi) is 33.3. The van der Waals surface area contributed by atoms with Crippen LogP contribution in [0.2, 0.25) is 0 Å². The minimum absolute atomic E-state index is 0.00274. The Morgan fingerprint density at radius 3 is 0.972 bits per heavy atom. The lowest BCUT2D eigenvalue weighted by Crippen LogP contribution is -2.28. The molecule has 0 aliphatic rings. The van der Waals surface area contributed by atoms with Crippen molar-refractivity contribution in [2.75, 3.05) is 16.4 Å². The maximum Gasteiger partial charge on any atom is 0.417 e. The van der Waals surface area contributed by atoms with Gasteiger partial charge in [-0.3, -0.25) is 15.5 Å². The van der Waals surface area contributed by atoms with E-state index in [1.165, 1.54) is 0 Å². The van der Waals surface area contributed by atoms with Gasteiger partial charge < -0.3 is 31.6 Å². The molecule has 0 spiro atoms. The number of ether oxygens (including phenoxy) is 2. The summed E-state index contributed by atoms with van der Waals surface area (Å²) in [6.07, 6.45) is 6.21. The van der Waals surface area contributed by atoms with Crippen LogP contribution >= 0.6 is 11.6 Å². The van der Waals surface area contributed by atoms with Crippen LogP contribution in [-0.4, -0.2) is 71.6 Å². The van der Waals surface area contributed by atoms with Gasteiger partial charge in [0.05, 0.1) is 58.4 Å². The van der Waals surface area contributed by atoms with Gasteiger partial charge in [-0.1, -0.05) is 224 Å². The van der Waals surface area contributed by atoms with E-state index in [0.717, 1.165) is 50.1 Å². The summed E-state index contributed by atoms with van der Waals surface area (Å²) < 4.78 is 107. The summed E-state index contributed by atoms with van der Waals surface area (Å²) >= 11 is 4.95. The van der Waals surface area contributed by atoms with Gasteiger partial charge in [0.25, 0.3) is 0 Å². The molecule has 0 aliphatic carbocycles. The Labute approximate surface area is 629 Å². The SMILES string of the molecule is Cc1ccc(CS(=O)(=O)Cc2ccccc2)cc1.NCc1cn[nH]c1.Nc1ccc(CS(=O)(=O)Cc2ccccc2)cc1.O=C(Cl)Oc1ccccc1.O=C(NCc1cn[nH]c1)Nc1ccc(CS(=O)(=O)Cc2ccccc2)cc1.O=C(Nc1ccc(CS(=O)(=O)Cc2ccccc2)cc1)Oc1ccccc1. The number of amides is 3. The summed E-state index contributed by atoms with van der Waals surface area (Å²) in [5, 5.41) is 20.8. The van der Waals surface area contributed by atoms with Crippen LogP contribution in [0.4, 0.5) is 31.4 Å². The molecule has 12 rings (SSSR count). The molecular weight excluding hydrogens is 1460 g/mol. The number of aromatic nitrogens is 4. The topological polar surface area (TPSA) is 352 Å². The Hall–Kier alpha value is -11.5. The molecule has 0 atom stereocenters.